The molecule has 1 N–H and O–H groups in total. The summed E-state index contributed by atoms with van der Waals surface area (Å²) in [6.07, 6.45) is 1.66. The number of aromatic nitrogens is 5. The highest BCUT2D eigenvalue weighted by Crippen LogP contribution is 2.25. The number of hydrogen-bond acceptors (Lipinski definition) is 7. The summed E-state index contributed by atoms with van der Waals surface area (Å²) in [6.45, 7) is 10.2. The molecule has 2 aromatic heterocycles. The van der Waals surface area contributed by atoms with E-state index in [2.05, 4.69) is 51.6 Å². The molecule has 1 amide bonds. The van der Waals surface area contributed by atoms with Crippen LogP contribution in [-0.2, 0) is 10.2 Å². The molecular weight excluding hydrogens is 436 g/mol. The second kappa shape index (κ2) is 9.19. The molecule has 0 bridgehead atoms. The summed E-state index contributed by atoms with van der Waals surface area (Å²) in [5.41, 5.74) is 4.69. The number of aryl methyl sites for hydroxylation is 2. The van der Waals surface area contributed by atoms with E-state index in [0.717, 1.165) is 11.3 Å². The minimum absolute atomic E-state index is 0.128. The van der Waals surface area contributed by atoms with Crippen molar-refractivity contribution in [2.24, 2.45) is 0 Å². The number of nitrogens with zero attached hydrogens (tertiary/aromatic N) is 5. The van der Waals surface area contributed by atoms with Crippen LogP contribution in [0.5, 0.6) is 0 Å². The van der Waals surface area contributed by atoms with E-state index in [4.69, 9.17) is 4.52 Å². The second-order valence-electron chi connectivity index (χ2n) is 8.84. The fraction of sp³-hybridized carbons (Fsp3) is 0.292. The van der Waals surface area contributed by atoms with Crippen LogP contribution in [0.15, 0.2) is 58.5 Å². The molecule has 4 aromatic rings. The molecule has 0 fully saturated rings. The zero-order valence-corrected chi connectivity index (χ0v) is 20.1. The molecule has 0 saturated carbocycles. The molecule has 4 rings (SSSR count). The maximum atomic E-state index is 12.5. The van der Waals surface area contributed by atoms with Gasteiger partial charge in [0, 0.05) is 22.4 Å². The summed E-state index contributed by atoms with van der Waals surface area (Å²) in [6, 6.07) is 13.5. The Morgan fingerprint density at radius 3 is 2.52 bits per heavy atom. The molecule has 8 nitrogen and oxygen atoms in total. The van der Waals surface area contributed by atoms with Crippen LogP contribution in [0.2, 0.25) is 0 Å². The SMILES string of the molecule is Cc1ccc(-n2cnnc2SCC(=O)Nc2ccc(-c3noc(C(C)(C)C)n3)cc2)cc1C. The molecule has 2 heterocycles. The van der Waals surface area contributed by atoms with Gasteiger partial charge in [0.25, 0.3) is 0 Å². The summed E-state index contributed by atoms with van der Waals surface area (Å²) in [7, 11) is 0. The van der Waals surface area contributed by atoms with Gasteiger partial charge in [-0.05, 0) is 61.4 Å². The highest BCUT2D eigenvalue weighted by Gasteiger charge is 2.22. The van der Waals surface area contributed by atoms with E-state index in [0.29, 0.717) is 22.6 Å². The number of anilines is 1. The van der Waals surface area contributed by atoms with Crippen molar-refractivity contribution in [3.8, 4) is 17.1 Å². The first-order chi connectivity index (χ1) is 15.7. The van der Waals surface area contributed by atoms with Crippen LogP contribution in [0.25, 0.3) is 17.1 Å². The van der Waals surface area contributed by atoms with Crippen molar-refractivity contribution in [3.05, 3.63) is 65.8 Å². The van der Waals surface area contributed by atoms with Crippen molar-refractivity contribution in [1.82, 2.24) is 24.9 Å². The van der Waals surface area contributed by atoms with E-state index >= 15 is 0 Å². The minimum atomic E-state index is -0.209. The average molecular weight is 463 g/mol. The number of hydrogen-bond donors (Lipinski definition) is 1. The number of thioether (sulfide) groups is 1. The molecule has 0 aliphatic rings. The van der Waals surface area contributed by atoms with E-state index in [1.807, 2.05) is 55.7 Å². The van der Waals surface area contributed by atoms with Gasteiger partial charge in [-0.25, -0.2) is 0 Å². The van der Waals surface area contributed by atoms with Crippen LogP contribution < -0.4 is 5.32 Å². The van der Waals surface area contributed by atoms with E-state index < -0.39 is 0 Å². The van der Waals surface area contributed by atoms with Crippen LogP contribution in [0, 0.1) is 13.8 Å². The van der Waals surface area contributed by atoms with E-state index in [9.17, 15) is 4.79 Å². The zero-order valence-electron chi connectivity index (χ0n) is 19.3. The van der Waals surface area contributed by atoms with Crippen molar-refractivity contribution < 1.29 is 9.32 Å². The first-order valence-electron chi connectivity index (χ1n) is 10.6. The summed E-state index contributed by atoms with van der Waals surface area (Å²) < 4.78 is 7.24. The maximum Gasteiger partial charge on any atom is 0.234 e. The van der Waals surface area contributed by atoms with Gasteiger partial charge in [-0.3, -0.25) is 9.36 Å². The Balaban J connectivity index is 1.37. The molecule has 2 aromatic carbocycles. The Bertz CT molecular complexity index is 1270. The summed E-state index contributed by atoms with van der Waals surface area (Å²) in [4.78, 5) is 17.0. The lowest BCUT2D eigenvalue weighted by molar-refractivity contribution is -0.113. The maximum absolute atomic E-state index is 12.5. The smallest absolute Gasteiger partial charge is 0.234 e. The van der Waals surface area contributed by atoms with E-state index in [1.54, 1.807) is 6.33 Å². The third kappa shape index (κ3) is 5.31. The Hall–Kier alpha value is -3.46. The van der Waals surface area contributed by atoms with Gasteiger partial charge in [0.05, 0.1) is 5.75 Å². The van der Waals surface area contributed by atoms with Crippen LogP contribution in [-0.4, -0.2) is 36.6 Å². The van der Waals surface area contributed by atoms with Crippen LogP contribution in [0.3, 0.4) is 0 Å². The number of benzene rings is 2. The van der Waals surface area contributed by atoms with Crippen molar-refractivity contribution in [1.29, 1.82) is 0 Å². The van der Waals surface area contributed by atoms with Gasteiger partial charge >= 0.3 is 0 Å². The standard InChI is InChI=1S/C24H26N6O2S/c1-15-6-11-19(12-16(15)2)30-14-25-28-23(30)33-13-20(31)26-18-9-7-17(8-10-18)21-27-22(32-29-21)24(3,4)5/h6-12,14H,13H2,1-5H3,(H,26,31). The van der Waals surface area contributed by atoms with E-state index in [-0.39, 0.29) is 17.1 Å². The Morgan fingerprint density at radius 2 is 1.85 bits per heavy atom. The molecule has 0 radical (unpaired) electrons. The third-order valence-electron chi connectivity index (χ3n) is 5.11. The van der Waals surface area contributed by atoms with Crippen LogP contribution >= 0.6 is 11.8 Å². The number of carbonyl (C=O) groups excluding carboxylic acids is 1. The largest absolute Gasteiger partial charge is 0.338 e. The molecule has 0 atom stereocenters. The third-order valence-corrected chi connectivity index (χ3v) is 6.06. The van der Waals surface area contributed by atoms with Gasteiger partial charge in [-0.15, -0.1) is 10.2 Å². The Kier molecular flexibility index (Phi) is 6.33. The zero-order chi connectivity index (χ0) is 23.6. The van der Waals surface area contributed by atoms with Crippen molar-refractivity contribution in [3.63, 3.8) is 0 Å². The molecule has 0 aliphatic heterocycles. The summed E-state index contributed by atoms with van der Waals surface area (Å²) in [5, 5.41) is 15.8. The summed E-state index contributed by atoms with van der Waals surface area (Å²) in [5.74, 6) is 1.20. The van der Waals surface area contributed by atoms with Crippen molar-refractivity contribution >= 4 is 23.4 Å². The lowest BCUT2D eigenvalue weighted by Gasteiger charge is -2.10. The number of rotatable bonds is 6. The lowest BCUT2D eigenvalue weighted by atomic mass is 9.97. The molecular formula is C24H26N6O2S. The van der Waals surface area contributed by atoms with Gasteiger partial charge in [0.15, 0.2) is 5.16 Å². The van der Waals surface area contributed by atoms with Gasteiger partial charge in [0.1, 0.15) is 6.33 Å². The highest BCUT2D eigenvalue weighted by atomic mass is 32.2. The normalized spacial score (nSPS) is 11.5. The summed E-state index contributed by atoms with van der Waals surface area (Å²) >= 11 is 1.34. The molecule has 170 valence electrons. The van der Waals surface area contributed by atoms with Gasteiger partial charge in [-0.1, -0.05) is 43.8 Å². The topological polar surface area (TPSA) is 98.7 Å². The van der Waals surface area contributed by atoms with Gasteiger partial charge in [-0.2, -0.15) is 4.98 Å². The predicted molar refractivity (Wildman–Crippen MR) is 129 cm³/mol. The molecule has 0 saturated heterocycles. The Labute approximate surface area is 196 Å². The average Bonchev–Trinajstić information content (AvgIpc) is 3.44. The number of carbonyl (C=O) groups is 1. The fourth-order valence-electron chi connectivity index (χ4n) is 3.05. The van der Waals surface area contributed by atoms with Gasteiger partial charge in [0.2, 0.25) is 17.6 Å². The highest BCUT2D eigenvalue weighted by molar-refractivity contribution is 7.99. The molecule has 0 unspecified atom stereocenters. The van der Waals surface area contributed by atoms with Gasteiger partial charge < -0.3 is 9.84 Å². The Morgan fingerprint density at radius 1 is 1.09 bits per heavy atom. The molecule has 0 spiro atoms. The monoisotopic (exact) mass is 462 g/mol. The van der Waals surface area contributed by atoms with Crippen molar-refractivity contribution in [2.45, 2.75) is 45.2 Å². The minimum Gasteiger partial charge on any atom is -0.338 e. The quantitative estimate of drug-likeness (QED) is 0.404. The van der Waals surface area contributed by atoms with Crippen molar-refractivity contribution in [2.75, 3.05) is 11.1 Å². The predicted octanol–water partition coefficient (Wildman–Crippen LogP) is 4.96. The number of nitrogens with one attached hydrogen (secondary N) is 1. The molecule has 9 heteroatoms. The first kappa shape index (κ1) is 22.7. The molecule has 0 aliphatic carbocycles. The number of amides is 1. The van der Waals surface area contributed by atoms with E-state index in [1.165, 1.54) is 22.9 Å². The second-order valence-corrected chi connectivity index (χ2v) is 9.78. The molecule has 33 heavy (non-hydrogen) atoms. The first-order valence-corrected chi connectivity index (χ1v) is 11.5. The van der Waals surface area contributed by atoms with Crippen LogP contribution in [0.4, 0.5) is 5.69 Å². The van der Waals surface area contributed by atoms with Crippen LogP contribution in [0.1, 0.15) is 37.8 Å². The lowest BCUT2D eigenvalue weighted by Crippen LogP contribution is -2.14. The fourth-order valence-corrected chi connectivity index (χ4v) is 3.78.